The molecule has 0 amide bonds. The molecule has 0 radical (unpaired) electrons. The molecule has 3 aliphatic carbocycles. The molecule has 3 aliphatic rings. The quantitative estimate of drug-likeness (QED) is 0.570. The van der Waals surface area contributed by atoms with Crippen LogP contribution in [0.15, 0.2) is 35.6 Å². The van der Waals surface area contributed by atoms with Crippen molar-refractivity contribution in [2.24, 2.45) is 17.8 Å². The lowest BCUT2D eigenvalue weighted by atomic mass is 9.81. The van der Waals surface area contributed by atoms with Crippen molar-refractivity contribution in [3.63, 3.8) is 0 Å². The number of hydrogen-bond donors (Lipinski definition) is 0. The van der Waals surface area contributed by atoms with Crippen LogP contribution >= 0.6 is 0 Å². The van der Waals surface area contributed by atoms with Gasteiger partial charge in [-0.2, -0.15) is 0 Å². The molecule has 0 N–H and O–H groups in total. The Labute approximate surface area is 143 Å². The zero-order chi connectivity index (χ0) is 16.4. The Balaban J connectivity index is 1.83. The van der Waals surface area contributed by atoms with Gasteiger partial charge in [-0.15, -0.1) is 0 Å². The number of allylic oxidation sites excluding steroid dienone is 4. The summed E-state index contributed by atoms with van der Waals surface area (Å²) in [5, 5.41) is 0. The Morgan fingerprint density at radius 2 is 1.78 bits per heavy atom. The van der Waals surface area contributed by atoms with E-state index in [2.05, 4.69) is 56.9 Å². The van der Waals surface area contributed by atoms with E-state index in [9.17, 15) is 0 Å². The first-order chi connectivity index (χ1) is 11.0. The van der Waals surface area contributed by atoms with Crippen LogP contribution in [0.4, 0.5) is 0 Å². The van der Waals surface area contributed by atoms with E-state index in [-0.39, 0.29) is 0 Å². The third-order valence-corrected chi connectivity index (χ3v) is 6.49. The molecular formula is C22H35N. The molecule has 0 spiro atoms. The highest BCUT2D eigenvalue weighted by atomic mass is 15.2. The van der Waals surface area contributed by atoms with Gasteiger partial charge in [-0.05, 0) is 69.6 Å². The predicted octanol–water partition coefficient (Wildman–Crippen LogP) is 6.09. The SMILES string of the molecule is CC1=CCC(N(C2=CCC(C)CC2)C2C=C[C@@H](C)C(C)C2)CC1. The molecule has 23 heavy (non-hydrogen) atoms. The lowest BCUT2D eigenvalue weighted by Crippen LogP contribution is -2.45. The van der Waals surface area contributed by atoms with E-state index in [0.29, 0.717) is 12.1 Å². The van der Waals surface area contributed by atoms with E-state index in [4.69, 9.17) is 0 Å². The molecule has 0 aromatic heterocycles. The average Bonchev–Trinajstić information content (AvgIpc) is 2.55. The summed E-state index contributed by atoms with van der Waals surface area (Å²) in [6.07, 6.45) is 19.2. The molecule has 0 bridgehead atoms. The summed E-state index contributed by atoms with van der Waals surface area (Å²) in [7, 11) is 0. The van der Waals surface area contributed by atoms with Gasteiger partial charge in [-0.3, -0.25) is 0 Å². The van der Waals surface area contributed by atoms with E-state index in [1.807, 2.05) is 0 Å². The van der Waals surface area contributed by atoms with E-state index in [0.717, 1.165) is 17.8 Å². The van der Waals surface area contributed by atoms with E-state index in [1.54, 1.807) is 11.3 Å². The van der Waals surface area contributed by atoms with Crippen molar-refractivity contribution in [3.8, 4) is 0 Å². The Morgan fingerprint density at radius 1 is 0.957 bits per heavy atom. The Kier molecular flexibility index (Phi) is 5.34. The van der Waals surface area contributed by atoms with Crippen LogP contribution in [0.25, 0.3) is 0 Å². The molecule has 0 aromatic carbocycles. The largest absolute Gasteiger partial charge is 0.365 e. The van der Waals surface area contributed by atoms with Crippen molar-refractivity contribution in [3.05, 3.63) is 35.6 Å². The van der Waals surface area contributed by atoms with Gasteiger partial charge in [0.15, 0.2) is 0 Å². The monoisotopic (exact) mass is 313 g/mol. The zero-order valence-electron chi connectivity index (χ0n) is 15.6. The van der Waals surface area contributed by atoms with Crippen LogP contribution in [-0.4, -0.2) is 17.0 Å². The van der Waals surface area contributed by atoms with Crippen LogP contribution in [0.2, 0.25) is 0 Å². The van der Waals surface area contributed by atoms with Crippen LogP contribution < -0.4 is 0 Å². The molecule has 0 saturated heterocycles. The minimum atomic E-state index is 0.623. The van der Waals surface area contributed by atoms with Gasteiger partial charge in [0, 0.05) is 17.8 Å². The first-order valence-electron chi connectivity index (χ1n) is 9.86. The Bertz CT molecular complexity index is 498. The van der Waals surface area contributed by atoms with Crippen LogP contribution in [0, 0.1) is 17.8 Å². The van der Waals surface area contributed by atoms with Gasteiger partial charge in [-0.25, -0.2) is 0 Å². The summed E-state index contributed by atoms with van der Waals surface area (Å²) in [5.41, 5.74) is 3.24. The molecule has 0 aromatic rings. The fraction of sp³-hybridized carbons (Fsp3) is 0.727. The average molecular weight is 314 g/mol. The third kappa shape index (κ3) is 3.92. The van der Waals surface area contributed by atoms with Crippen molar-refractivity contribution >= 4 is 0 Å². The molecule has 128 valence electrons. The highest BCUT2D eigenvalue weighted by Crippen LogP contribution is 2.37. The predicted molar refractivity (Wildman–Crippen MR) is 100 cm³/mol. The number of nitrogens with zero attached hydrogens (tertiary/aromatic N) is 1. The van der Waals surface area contributed by atoms with Gasteiger partial charge in [-0.1, -0.05) is 50.6 Å². The van der Waals surface area contributed by atoms with Gasteiger partial charge in [0.25, 0.3) is 0 Å². The van der Waals surface area contributed by atoms with Gasteiger partial charge < -0.3 is 4.90 Å². The fourth-order valence-corrected chi connectivity index (χ4v) is 4.48. The summed E-state index contributed by atoms with van der Waals surface area (Å²) in [4.78, 5) is 2.84. The number of hydrogen-bond acceptors (Lipinski definition) is 1. The lowest BCUT2D eigenvalue weighted by molar-refractivity contribution is 0.153. The van der Waals surface area contributed by atoms with Crippen molar-refractivity contribution in [2.75, 3.05) is 0 Å². The van der Waals surface area contributed by atoms with Crippen LogP contribution in [0.1, 0.15) is 72.6 Å². The maximum absolute atomic E-state index is 2.84. The molecule has 1 nitrogen and oxygen atoms in total. The maximum atomic E-state index is 2.84. The molecule has 3 rings (SSSR count). The third-order valence-electron chi connectivity index (χ3n) is 6.49. The Hall–Kier alpha value is -0.980. The van der Waals surface area contributed by atoms with E-state index in [1.165, 1.54) is 44.9 Å². The van der Waals surface area contributed by atoms with Crippen molar-refractivity contribution in [1.82, 2.24) is 4.90 Å². The molecule has 1 heteroatoms. The maximum Gasteiger partial charge on any atom is 0.0476 e. The smallest absolute Gasteiger partial charge is 0.0476 e. The van der Waals surface area contributed by atoms with Crippen LogP contribution in [0.3, 0.4) is 0 Å². The van der Waals surface area contributed by atoms with Crippen molar-refractivity contribution in [1.29, 1.82) is 0 Å². The fourth-order valence-electron chi connectivity index (χ4n) is 4.48. The summed E-state index contributed by atoms with van der Waals surface area (Å²) in [6, 6.07) is 1.34. The second-order valence-electron chi connectivity index (χ2n) is 8.49. The molecule has 0 saturated carbocycles. The summed E-state index contributed by atoms with van der Waals surface area (Å²) < 4.78 is 0. The lowest BCUT2D eigenvalue weighted by Gasteiger charge is -2.45. The topological polar surface area (TPSA) is 3.24 Å². The number of rotatable bonds is 3. The molecule has 4 unspecified atom stereocenters. The van der Waals surface area contributed by atoms with Gasteiger partial charge in [0.05, 0.1) is 0 Å². The standard InChI is InChI=1S/C22H35N/c1-16-5-10-20(11-6-16)23(21-12-7-17(2)8-13-21)22-14-9-18(3)19(4)15-22/h5,9,12,14,17-20,22H,6-8,10-11,13,15H2,1-4H3/t17?,18-,19?,20?,22?/m1/s1. The molecule has 0 heterocycles. The van der Waals surface area contributed by atoms with Gasteiger partial charge >= 0.3 is 0 Å². The second-order valence-corrected chi connectivity index (χ2v) is 8.49. The van der Waals surface area contributed by atoms with Crippen LogP contribution in [0.5, 0.6) is 0 Å². The first kappa shape index (κ1) is 16.9. The minimum absolute atomic E-state index is 0.623. The molecular weight excluding hydrogens is 278 g/mol. The summed E-state index contributed by atoms with van der Waals surface area (Å²) >= 11 is 0. The normalized spacial score (nSPS) is 38.0. The van der Waals surface area contributed by atoms with E-state index < -0.39 is 0 Å². The highest BCUT2D eigenvalue weighted by Gasteiger charge is 2.32. The summed E-state index contributed by atoms with van der Waals surface area (Å²) in [5.74, 6) is 2.41. The Morgan fingerprint density at radius 3 is 2.39 bits per heavy atom. The minimum Gasteiger partial charge on any atom is -0.365 e. The first-order valence-corrected chi connectivity index (χ1v) is 9.86. The van der Waals surface area contributed by atoms with Crippen molar-refractivity contribution < 1.29 is 0 Å². The van der Waals surface area contributed by atoms with Crippen molar-refractivity contribution in [2.45, 2.75) is 84.7 Å². The zero-order valence-corrected chi connectivity index (χ0v) is 15.6. The second kappa shape index (κ2) is 7.28. The van der Waals surface area contributed by atoms with E-state index >= 15 is 0 Å². The van der Waals surface area contributed by atoms with Gasteiger partial charge in [0.2, 0.25) is 0 Å². The van der Waals surface area contributed by atoms with Gasteiger partial charge in [0.1, 0.15) is 0 Å². The molecule has 0 fully saturated rings. The molecule has 5 atom stereocenters. The highest BCUT2D eigenvalue weighted by molar-refractivity contribution is 5.17. The molecule has 0 aliphatic heterocycles. The van der Waals surface area contributed by atoms with Crippen LogP contribution in [-0.2, 0) is 0 Å². The summed E-state index contributed by atoms with van der Waals surface area (Å²) in [6.45, 7) is 9.50.